The Bertz CT molecular complexity index is 592. The van der Waals surface area contributed by atoms with Gasteiger partial charge in [0.05, 0.1) is 24.3 Å². The maximum absolute atomic E-state index is 11.7. The van der Waals surface area contributed by atoms with Crippen LogP contribution < -0.4 is 4.74 Å². The molecule has 17 heavy (non-hydrogen) atoms. The van der Waals surface area contributed by atoms with Crippen LogP contribution in [0.2, 0.25) is 0 Å². The highest BCUT2D eigenvalue weighted by Gasteiger charge is 2.19. The smallest absolute Gasteiger partial charge is 0.340 e. The number of methoxy groups -OCH3 is 2. The van der Waals surface area contributed by atoms with Gasteiger partial charge in [0.25, 0.3) is 0 Å². The highest BCUT2D eigenvalue weighted by atomic mass is 79.9. The molecule has 90 valence electrons. The summed E-state index contributed by atoms with van der Waals surface area (Å²) in [6.45, 7) is 0. The average Bonchev–Trinajstić information content (AvgIpc) is 2.71. The summed E-state index contributed by atoms with van der Waals surface area (Å²) in [7, 11) is 4.68. The molecule has 2 rings (SSSR count). The molecule has 0 amide bonds. The third-order valence-corrected chi connectivity index (χ3v) is 3.26. The van der Waals surface area contributed by atoms with Crippen LogP contribution in [0.4, 0.5) is 0 Å². The molecule has 0 radical (unpaired) electrons. The van der Waals surface area contributed by atoms with Gasteiger partial charge in [-0.15, -0.1) is 0 Å². The molecule has 0 unspecified atom stereocenters. The van der Waals surface area contributed by atoms with Gasteiger partial charge in [-0.25, -0.2) is 4.79 Å². The number of benzene rings is 1. The Kier molecular flexibility index (Phi) is 3.06. The van der Waals surface area contributed by atoms with Gasteiger partial charge in [0.1, 0.15) is 11.3 Å². The van der Waals surface area contributed by atoms with Crippen LogP contribution in [0.15, 0.2) is 16.7 Å². The van der Waals surface area contributed by atoms with Crippen LogP contribution in [0.1, 0.15) is 10.4 Å². The maximum Gasteiger partial charge on any atom is 0.340 e. The van der Waals surface area contributed by atoms with E-state index < -0.39 is 5.97 Å². The number of nitrogens with zero attached hydrogens (tertiary/aromatic N) is 2. The minimum Gasteiger partial charge on any atom is -0.496 e. The Balaban J connectivity index is 2.82. The van der Waals surface area contributed by atoms with Crippen LogP contribution in [0, 0.1) is 0 Å². The number of fused-ring (bicyclic) bond motifs is 1. The Morgan fingerprint density at radius 3 is 2.76 bits per heavy atom. The fourth-order valence-corrected chi connectivity index (χ4v) is 2.22. The fourth-order valence-electron chi connectivity index (χ4n) is 1.66. The van der Waals surface area contributed by atoms with E-state index >= 15 is 0 Å². The topological polar surface area (TPSA) is 53.4 Å². The minimum atomic E-state index is -0.431. The number of hydrogen-bond donors (Lipinski definition) is 0. The molecular weight excluding hydrogens is 288 g/mol. The summed E-state index contributed by atoms with van der Waals surface area (Å²) in [6, 6.07) is 1.62. The van der Waals surface area contributed by atoms with Crippen molar-refractivity contribution < 1.29 is 14.3 Å². The maximum atomic E-state index is 11.7. The van der Waals surface area contributed by atoms with Gasteiger partial charge in [0.15, 0.2) is 0 Å². The lowest BCUT2D eigenvalue weighted by atomic mass is 10.1. The van der Waals surface area contributed by atoms with Gasteiger partial charge in [0.2, 0.25) is 0 Å². The molecule has 0 saturated heterocycles. The molecule has 1 heterocycles. The standard InChI is InChI=1S/C11H11BrN2O3/c1-14-5-7-9(12)8(16-2)4-6(10(7)13-14)11(15)17-3/h4-5H,1-3H3. The molecule has 5 nitrogen and oxygen atoms in total. The first-order chi connectivity index (χ1) is 8.08. The van der Waals surface area contributed by atoms with Crippen molar-refractivity contribution in [2.45, 2.75) is 0 Å². The van der Waals surface area contributed by atoms with E-state index in [2.05, 4.69) is 21.0 Å². The number of ether oxygens (including phenoxy) is 2. The van der Waals surface area contributed by atoms with Crippen molar-refractivity contribution in [2.75, 3.05) is 14.2 Å². The van der Waals surface area contributed by atoms with Gasteiger partial charge in [0, 0.05) is 18.6 Å². The second-order valence-corrected chi connectivity index (χ2v) is 4.29. The zero-order valence-electron chi connectivity index (χ0n) is 9.65. The molecule has 0 saturated carbocycles. The van der Waals surface area contributed by atoms with E-state index in [1.807, 2.05) is 6.20 Å². The first kappa shape index (κ1) is 11.9. The van der Waals surface area contributed by atoms with Crippen LogP contribution in [0.5, 0.6) is 5.75 Å². The fraction of sp³-hybridized carbons (Fsp3) is 0.273. The summed E-state index contributed by atoms with van der Waals surface area (Å²) in [6.07, 6.45) is 1.81. The molecule has 0 atom stereocenters. The Morgan fingerprint density at radius 1 is 1.47 bits per heavy atom. The number of rotatable bonds is 2. The molecule has 0 bridgehead atoms. The van der Waals surface area contributed by atoms with Gasteiger partial charge in [-0.3, -0.25) is 4.68 Å². The molecule has 0 aliphatic carbocycles. The summed E-state index contributed by atoms with van der Waals surface area (Å²) in [5.41, 5.74) is 0.982. The second kappa shape index (κ2) is 4.37. The van der Waals surface area contributed by atoms with E-state index in [0.29, 0.717) is 16.8 Å². The van der Waals surface area contributed by atoms with Crippen molar-refractivity contribution in [1.29, 1.82) is 0 Å². The predicted octanol–water partition coefficient (Wildman–Crippen LogP) is 2.13. The van der Waals surface area contributed by atoms with Crippen molar-refractivity contribution in [3.05, 3.63) is 22.3 Å². The normalized spacial score (nSPS) is 10.6. The lowest BCUT2D eigenvalue weighted by Gasteiger charge is -2.07. The van der Waals surface area contributed by atoms with Crippen LogP contribution in [0.3, 0.4) is 0 Å². The number of carbonyl (C=O) groups is 1. The first-order valence-electron chi connectivity index (χ1n) is 4.86. The number of esters is 1. The van der Waals surface area contributed by atoms with Gasteiger partial charge >= 0.3 is 5.97 Å². The van der Waals surface area contributed by atoms with E-state index in [1.165, 1.54) is 7.11 Å². The zero-order valence-corrected chi connectivity index (χ0v) is 11.2. The number of aryl methyl sites for hydroxylation is 1. The van der Waals surface area contributed by atoms with Crippen molar-refractivity contribution in [2.24, 2.45) is 7.05 Å². The largest absolute Gasteiger partial charge is 0.496 e. The lowest BCUT2D eigenvalue weighted by Crippen LogP contribution is -2.03. The van der Waals surface area contributed by atoms with E-state index in [4.69, 9.17) is 9.47 Å². The molecular formula is C11H11BrN2O3. The van der Waals surface area contributed by atoms with E-state index in [9.17, 15) is 4.79 Å². The van der Waals surface area contributed by atoms with Crippen LogP contribution in [-0.2, 0) is 11.8 Å². The molecule has 0 aliphatic heterocycles. The van der Waals surface area contributed by atoms with Gasteiger partial charge < -0.3 is 9.47 Å². The van der Waals surface area contributed by atoms with Crippen molar-refractivity contribution in [1.82, 2.24) is 9.78 Å². The molecule has 1 aromatic carbocycles. The van der Waals surface area contributed by atoms with Gasteiger partial charge in [-0.05, 0) is 22.0 Å². The molecule has 0 spiro atoms. The molecule has 0 aliphatic rings. The highest BCUT2D eigenvalue weighted by Crippen LogP contribution is 2.35. The summed E-state index contributed by atoms with van der Waals surface area (Å²) >= 11 is 3.43. The van der Waals surface area contributed by atoms with E-state index in [0.717, 1.165) is 9.86 Å². The Morgan fingerprint density at radius 2 is 2.18 bits per heavy atom. The Labute approximate surface area is 106 Å². The summed E-state index contributed by atoms with van der Waals surface area (Å²) in [5.74, 6) is 0.144. The number of carbonyl (C=O) groups excluding carboxylic acids is 1. The summed E-state index contributed by atoms with van der Waals surface area (Å²) in [5, 5.41) is 5.06. The van der Waals surface area contributed by atoms with Crippen LogP contribution >= 0.6 is 15.9 Å². The molecule has 6 heteroatoms. The monoisotopic (exact) mass is 298 g/mol. The predicted molar refractivity (Wildman–Crippen MR) is 66.3 cm³/mol. The number of aromatic nitrogens is 2. The zero-order chi connectivity index (χ0) is 12.6. The minimum absolute atomic E-state index is 0.392. The lowest BCUT2D eigenvalue weighted by molar-refractivity contribution is 0.0602. The Hall–Kier alpha value is -1.56. The van der Waals surface area contributed by atoms with E-state index in [1.54, 1.807) is 24.9 Å². The first-order valence-corrected chi connectivity index (χ1v) is 5.66. The van der Waals surface area contributed by atoms with Crippen LogP contribution in [0.25, 0.3) is 10.9 Å². The third-order valence-electron chi connectivity index (χ3n) is 2.44. The number of halogens is 1. The van der Waals surface area contributed by atoms with E-state index in [-0.39, 0.29) is 0 Å². The molecule has 0 N–H and O–H groups in total. The summed E-state index contributed by atoms with van der Waals surface area (Å²) in [4.78, 5) is 11.7. The van der Waals surface area contributed by atoms with Gasteiger partial charge in [-0.2, -0.15) is 5.10 Å². The molecule has 0 fully saturated rings. The quantitative estimate of drug-likeness (QED) is 0.797. The second-order valence-electron chi connectivity index (χ2n) is 3.50. The molecule has 2 aromatic rings. The molecule has 1 aromatic heterocycles. The van der Waals surface area contributed by atoms with Crippen molar-refractivity contribution in [3.8, 4) is 5.75 Å². The van der Waals surface area contributed by atoms with Gasteiger partial charge in [-0.1, -0.05) is 0 Å². The number of hydrogen-bond acceptors (Lipinski definition) is 4. The van der Waals surface area contributed by atoms with Crippen molar-refractivity contribution in [3.63, 3.8) is 0 Å². The average molecular weight is 299 g/mol. The third kappa shape index (κ3) is 1.88. The van der Waals surface area contributed by atoms with Crippen molar-refractivity contribution >= 4 is 32.8 Å². The summed E-state index contributed by atoms with van der Waals surface area (Å²) < 4.78 is 12.4. The SMILES string of the molecule is COC(=O)c1cc(OC)c(Br)c2cn(C)nc12. The highest BCUT2D eigenvalue weighted by molar-refractivity contribution is 9.10. The van der Waals surface area contributed by atoms with Crippen LogP contribution in [-0.4, -0.2) is 30.0 Å².